The van der Waals surface area contributed by atoms with Crippen LogP contribution in [0, 0.1) is 0 Å². The molecule has 1 spiro atoms. The quantitative estimate of drug-likeness (QED) is 0.906. The molecule has 0 radical (unpaired) electrons. The lowest BCUT2D eigenvalue weighted by atomic mass is 9.85. The largest absolute Gasteiger partial charge is 0.375 e. The Morgan fingerprint density at radius 1 is 1.05 bits per heavy atom. The van der Waals surface area contributed by atoms with Crippen LogP contribution in [0.25, 0.3) is 0 Å². The molecule has 1 N–H and O–H groups in total. The van der Waals surface area contributed by atoms with Gasteiger partial charge in [-0.3, -0.25) is 0 Å². The Morgan fingerprint density at radius 3 is 2.48 bits per heavy atom. The summed E-state index contributed by atoms with van der Waals surface area (Å²) in [5.74, 6) is 2.56. The van der Waals surface area contributed by atoms with Gasteiger partial charge in [0.1, 0.15) is 0 Å². The van der Waals surface area contributed by atoms with E-state index in [1.165, 1.54) is 50.0 Å². The number of rotatable bonds is 2. The zero-order chi connectivity index (χ0) is 14.1. The molecule has 0 saturated carbocycles. The highest BCUT2D eigenvalue weighted by molar-refractivity contribution is 7.99. The molecule has 4 rings (SSSR count). The van der Waals surface area contributed by atoms with Gasteiger partial charge in [-0.1, -0.05) is 24.3 Å². The summed E-state index contributed by atoms with van der Waals surface area (Å²) in [5, 5.41) is 3.95. The highest BCUT2D eigenvalue weighted by atomic mass is 32.2. The maximum absolute atomic E-state index is 6.21. The molecule has 1 unspecified atom stereocenters. The summed E-state index contributed by atoms with van der Waals surface area (Å²) in [6.45, 7) is 0.946. The summed E-state index contributed by atoms with van der Waals surface area (Å²) in [5.41, 5.74) is 3.30. The maximum Gasteiger partial charge on any atom is 0.0713 e. The van der Waals surface area contributed by atoms with Crippen molar-refractivity contribution in [3.8, 4) is 0 Å². The Balaban J connectivity index is 1.37. The second-order valence-corrected chi connectivity index (χ2v) is 8.10. The Bertz CT molecular complexity index is 467. The third kappa shape index (κ3) is 3.01. The first-order valence-electron chi connectivity index (χ1n) is 8.38. The van der Waals surface area contributed by atoms with Gasteiger partial charge in [0.05, 0.1) is 5.60 Å². The van der Waals surface area contributed by atoms with Crippen molar-refractivity contribution in [2.75, 3.05) is 18.1 Å². The molecule has 0 bridgehead atoms. The molecule has 1 atom stereocenters. The lowest BCUT2D eigenvalue weighted by Gasteiger charge is -2.44. The fourth-order valence-electron chi connectivity index (χ4n) is 4.27. The van der Waals surface area contributed by atoms with Crippen molar-refractivity contribution in [2.45, 2.75) is 56.2 Å². The van der Waals surface area contributed by atoms with Gasteiger partial charge in [-0.25, -0.2) is 0 Å². The number of hydrogen-bond donors (Lipinski definition) is 1. The number of nitrogens with one attached hydrogen (secondary N) is 1. The summed E-state index contributed by atoms with van der Waals surface area (Å²) in [4.78, 5) is 0. The molecular formula is C18H25NOS. The van der Waals surface area contributed by atoms with Crippen LogP contribution in [0.4, 0.5) is 0 Å². The minimum Gasteiger partial charge on any atom is -0.375 e. The predicted molar refractivity (Wildman–Crippen MR) is 89.0 cm³/mol. The van der Waals surface area contributed by atoms with Crippen molar-refractivity contribution in [2.24, 2.45) is 0 Å². The van der Waals surface area contributed by atoms with Crippen molar-refractivity contribution >= 4 is 11.8 Å². The van der Waals surface area contributed by atoms with Crippen LogP contribution in [0.2, 0.25) is 0 Å². The van der Waals surface area contributed by atoms with E-state index >= 15 is 0 Å². The van der Waals surface area contributed by atoms with Gasteiger partial charge in [0, 0.05) is 18.7 Å². The molecule has 1 aliphatic carbocycles. The highest BCUT2D eigenvalue weighted by Crippen LogP contribution is 2.38. The first-order valence-corrected chi connectivity index (χ1v) is 9.53. The van der Waals surface area contributed by atoms with Crippen LogP contribution >= 0.6 is 11.8 Å². The van der Waals surface area contributed by atoms with Gasteiger partial charge >= 0.3 is 0 Å². The molecule has 2 aliphatic heterocycles. The van der Waals surface area contributed by atoms with Gasteiger partial charge in [-0.05, 0) is 61.2 Å². The number of thioether (sulfide) groups is 1. The summed E-state index contributed by atoms with van der Waals surface area (Å²) in [6.07, 6.45) is 7.32. The van der Waals surface area contributed by atoms with Crippen molar-refractivity contribution in [1.82, 2.24) is 5.32 Å². The maximum atomic E-state index is 6.21. The molecule has 1 aromatic carbocycles. The van der Waals surface area contributed by atoms with Crippen LogP contribution < -0.4 is 5.32 Å². The molecule has 2 heterocycles. The first kappa shape index (κ1) is 14.1. The Morgan fingerprint density at radius 2 is 1.76 bits per heavy atom. The Labute approximate surface area is 132 Å². The normalized spacial score (nSPS) is 28.7. The summed E-state index contributed by atoms with van der Waals surface area (Å²) in [7, 11) is 0. The smallest absolute Gasteiger partial charge is 0.0713 e. The van der Waals surface area contributed by atoms with Crippen LogP contribution in [0.5, 0.6) is 0 Å². The molecular weight excluding hydrogens is 278 g/mol. The van der Waals surface area contributed by atoms with Crippen molar-refractivity contribution in [3.05, 3.63) is 35.4 Å². The van der Waals surface area contributed by atoms with Gasteiger partial charge in [0.15, 0.2) is 0 Å². The van der Waals surface area contributed by atoms with E-state index in [1.54, 1.807) is 11.1 Å². The molecule has 3 heteroatoms. The highest BCUT2D eigenvalue weighted by Gasteiger charge is 2.39. The van der Waals surface area contributed by atoms with Crippen LogP contribution in [-0.2, 0) is 17.6 Å². The van der Waals surface area contributed by atoms with Crippen LogP contribution in [0.1, 0.15) is 36.8 Å². The lowest BCUT2D eigenvalue weighted by Crippen LogP contribution is -2.51. The fourth-order valence-corrected chi connectivity index (χ4v) is 5.51. The second kappa shape index (κ2) is 5.94. The number of benzene rings is 1. The van der Waals surface area contributed by atoms with E-state index in [-0.39, 0.29) is 5.60 Å². The van der Waals surface area contributed by atoms with Crippen molar-refractivity contribution < 1.29 is 4.74 Å². The van der Waals surface area contributed by atoms with E-state index < -0.39 is 0 Å². The minimum absolute atomic E-state index is 0.201. The zero-order valence-electron chi connectivity index (χ0n) is 12.6. The third-order valence-corrected chi connectivity index (χ3v) is 6.41. The van der Waals surface area contributed by atoms with Crippen LogP contribution in [-0.4, -0.2) is 35.8 Å². The number of ether oxygens (including phenoxy) is 1. The minimum atomic E-state index is 0.201. The van der Waals surface area contributed by atoms with E-state index in [1.807, 2.05) is 0 Å². The van der Waals surface area contributed by atoms with Gasteiger partial charge in [0.2, 0.25) is 0 Å². The van der Waals surface area contributed by atoms with Gasteiger partial charge in [-0.2, -0.15) is 11.8 Å². The topological polar surface area (TPSA) is 21.3 Å². The van der Waals surface area contributed by atoms with Gasteiger partial charge in [-0.15, -0.1) is 0 Å². The van der Waals surface area contributed by atoms with E-state index in [4.69, 9.17) is 4.74 Å². The average molecular weight is 303 g/mol. The zero-order valence-corrected chi connectivity index (χ0v) is 13.5. The van der Waals surface area contributed by atoms with Gasteiger partial charge < -0.3 is 10.1 Å². The summed E-state index contributed by atoms with van der Waals surface area (Å²) in [6, 6.07) is 10.2. The third-order valence-electron chi connectivity index (χ3n) is 5.42. The number of hydrogen-bond acceptors (Lipinski definition) is 3. The molecule has 0 aromatic heterocycles. The van der Waals surface area contributed by atoms with Crippen LogP contribution in [0.3, 0.4) is 0 Å². The predicted octanol–water partition coefficient (Wildman–Crippen LogP) is 3.19. The first-order chi connectivity index (χ1) is 10.3. The molecule has 2 nitrogen and oxygen atoms in total. The SMILES string of the molecule is c1ccc2c(c1)CC(NC1CCOC3(CCSCC3)C1)C2. The van der Waals surface area contributed by atoms with Gasteiger partial charge in [0.25, 0.3) is 0 Å². The second-order valence-electron chi connectivity index (χ2n) is 6.87. The van der Waals surface area contributed by atoms with Crippen molar-refractivity contribution in [1.29, 1.82) is 0 Å². The molecule has 114 valence electrons. The average Bonchev–Trinajstić information content (AvgIpc) is 2.90. The fraction of sp³-hybridized carbons (Fsp3) is 0.667. The van der Waals surface area contributed by atoms with Crippen molar-refractivity contribution in [3.63, 3.8) is 0 Å². The van der Waals surface area contributed by atoms with E-state index in [2.05, 4.69) is 41.3 Å². The van der Waals surface area contributed by atoms with Crippen LogP contribution in [0.15, 0.2) is 24.3 Å². The molecule has 0 amide bonds. The standard InChI is InChI=1S/C18H25NOS/c1-2-4-15-12-17(11-14(15)3-1)19-16-5-8-20-18(13-16)6-9-21-10-7-18/h1-4,16-17,19H,5-13H2. The molecule has 3 aliphatic rings. The Hall–Kier alpha value is -0.510. The molecule has 21 heavy (non-hydrogen) atoms. The molecule has 2 fully saturated rings. The van der Waals surface area contributed by atoms with E-state index in [9.17, 15) is 0 Å². The monoisotopic (exact) mass is 303 g/mol. The summed E-state index contributed by atoms with van der Waals surface area (Å²) >= 11 is 2.09. The Kier molecular flexibility index (Phi) is 3.99. The molecule has 2 saturated heterocycles. The lowest BCUT2D eigenvalue weighted by molar-refractivity contribution is -0.0941. The van der Waals surface area contributed by atoms with E-state index in [0.717, 1.165) is 6.61 Å². The molecule has 1 aromatic rings. The van der Waals surface area contributed by atoms with E-state index in [0.29, 0.717) is 12.1 Å². The summed E-state index contributed by atoms with van der Waals surface area (Å²) < 4.78 is 6.21. The number of fused-ring (bicyclic) bond motifs is 1.